The molecule has 0 atom stereocenters. The molecule has 0 saturated carbocycles. The van der Waals surface area contributed by atoms with Crippen LogP contribution >= 0.6 is 11.6 Å². The summed E-state index contributed by atoms with van der Waals surface area (Å²) in [4.78, 5) is 0. The normalized spacial score (nSPS) is 8.45. The lowest BCUT2D eigenvalue weighted by Crippen LogP contribution is -1.76. The minimum atomic E-state index is 0. The molecule has 1 aromatic carbocycles. The van der Waals surface area contributed by atoms with Crippen LogP contribution in [0.5, 0.6) is 0 Å². The van der Waals surface area contributed by atoms with E-state index in [0.29, 0.717) is 5.88 Å². The third kappa shape index (κ3) is 2.74. The van der Waals surface area contributed by atoms with Gasteiger partial charge in [0, 0.05) is 12.0 Å². The summed E-state index contributed by atoms with van der Waals surface area (Å²) >= 11 is 5.60. The summed E-state index contributed by atoms with van der Waals surface area (Å²) in [5, 5.41) is 0. The van der Waals surface area contributed by atoms with Gasteiger partial charge in [0.1, 0.15) is 0 Å². The second kappa shape index (κ2) is 4.94. The molecule has 57 valence electrons. The van der Waals surface area contributed by atoms with Gasteiger partial charge in [-0.2, -0.15) is 0 Å². The molecule has 0 amide bonds. The van der Waals surface area contributed by atoms with Crippen molar-refractivity contribution < 1.29 is 0 Å². The number of rotatable bonds is 2. The van der Waals surface area contributed by atoms with Crippen LogP contribution < -0.4 is 6.15 Å². The van der Waals surface area contributed by atoms with E-state index >= 15 is 0 Å². The molecule has 0 aromatic heterocycles. The standard InChI is InChI=1S/C9H9Cl.N/c1-2-8-3-5-9(7-10)6-4-8;/h2-6H,1,7H2;. The highest BCUT2D eigenvalue weighted by molar-refractivity contribution is 6.17. The van der Waals surface area contributed by atoms with Gasteiger partial charge in [-0.25, -0.2) is 0 Å². The van der Waals surface area contributed by atoms with Gasteiger partial charge in [0.2, 0.25) is 0 Å². The SMILES string of the molecule is C=Cc1ccc(CCl)cc1.[N]. The van der Waals surface area contributed by atoms with Crippen molar-refractivity contribution in [2.75, 3.05) is 0 Å². The first-order valence-electron chi connectivity index (χ1n) is 3.14. The second-order valence-corrected chi connectivity index (χ2v) is 2.35. The summed E-state index contributed by atoms with van der Waals surface area (Å²) in [5.41, 5.74) is 2.28. The maximum atomic E-state index is 5.60. The molecule has 2 heteroatoms. The Hall–Kier alpha value is -0.790. The first kappa shape index (κ1) is 10.2. The Morgan fingerprint density at radius 3 is 2.18 bits per heavy atom. The average Bonchev–Trinajstić information content (AvgIpc) is 2.05. The van der Waals surface area contributed by atoms with E-state index in [1.54, 1.807) is 0 Å². The quantitative estimate of drug-likeness (QED) is 0.605. The van der Waals surface area contributed by atoms with Crippen LogP contribution in [0.15, 0.2) is 30.8 Å². The molecule has 0 unspecified atom stereocenters. The van der Waals surface area contributed by atoms with Gasteiger partial charge >= 0.3 is 0 Å². The predicted octanol–water partition coefficient (Wildman–Crippen LogP) is 2.59. The molecule has 0 aliphatic carbocycles. The Labute approximate surface area is 72.3 Å². The number of hydrogen-bond acceptors (Lipinski definition) is 0. The largest absolute Gasteiger partial charge is 0.122 e. The topological polar surface area (TPSA) is 30.5 Å². The van der Waals surface area contributed by atoms with Gasteiger partial charge in [-0.15, -0.1) is 11.6 Å². The van der Waals surface area contributed by atoms with Crippen molar-refractivity contribution >= 4 is 17.7 Å². The van der Waals surface area contributed by atoms with Gasteiger partial charge in [-0.05, 0) is 11.1 Å². The van der Waals surface area contributed by atoms with Gasteiger partial charge in [0.25, 0.3) is 0 Å². The van der Waals surface area contributed by atoms with Gasteiger partial charge in [-0.3, -0.25) is 0 Å². The Morgan fingerprint density at radius 2 is 1.82 bits per heavy atom. The highest BCUT2D eigenvalue weighted by atomic mass is 35.5. The molecule has 0 bridgehead atoms. The zero-order valence-electron chi connectivity index (χ0n) is 6.13. The molecule has 0 aliphatic rings. The van der Waals surface area contributed by atoms with E-state index in [4.69, 9.17) is 11.6 Å². The van der Waals surface area contributed by atoms with Crippen LogP contribution in [-0.2, 0) is 5.88 Å². The minimum absolute atomic E-state index is 0. The summed E-state index contributed by atoms with van der Waals surface area (Å²) < 4.78 is 0. The summed E-state index contributed by atoms with van der Waals surface area (Å²) in [5.74, 6) is 0.581. The van der Waals surface area contributed by atoms with Gasteiger partial charge in [0.15, 0.2) is 0 Å². The molecule has 3 radical (unpaired) electrons. The molecule has 0 heterocycles. The highest BCUT2D eigenvalue weighted by Gasteiger charge is 1.87. The number of benzene rings is 1. The van der Waals surface area contributed by atoms with Crippen LogP contribution in [0.1, 0.15) is 11.1 Å². The van der Waals surface area contributed by atoms with Gasteiger partial charge in [-0.1, -0.05) is 36.9 Å². The van der Waals surface area contributed by atoms with E-state index in [2.05, 4.69) is 6.58 Å². The molecule has 11 heavy (non-hydrogen) atoms. The lowest BCUT2D eigenvalue weighted by atomic mass is 10.1. The van der Waals surface area contributed by atoms with E-state index < -0.39 is 0 Å². The van der Waals surface area contributed by atoms with Crippen LogP contribution in [0.4, 0.5) is 0 Å². The zero-order valence-corrected chi connectivity index (χ0v) is 6.88. The van der Waals surface area contributed by atoms with Crippen molar-refractivity contribution in [2.45, 2.75) is 5.88 Å². The minimum Gasteiger partial charge on any atom is -0.122 e. The van der Waals surface area contributed by atoms with E-state index in [1.165, 1.54) is 0 Å². The maximum Gasteiger partial charge on any atom is 0.0474 e. The molecule has 0 spiro atoms. The number of alkyl halides is 1. The molecule has 0 aliphatic heterocycles. The number of nitrogens with zero attached hydrogens (tertiary/aromatic N) is 1. The molecule has 1 aromatic rings. The molecule has 1 nitrogen and oxygen atoms in total. The van der Waals surface area contributed by atoms with Crippen molar-refractivity contribution in [3.8, 4) is 0 Å². The number of halogens is 1. The maximum absolute atomic E-state index is 5.60. The monoisotopic (exact) mass is 166 g/mol. The van der Waals surface area contributed by atoms with E-state index in [-0.39, 0.29) is 6.15 Å². The Kier molecular flexibility index (Phi) is 4.59. The summed E-state index contributed by atoms with van der Waals surface area (Å²) in [6.45, 7) is 3.65. The van der Waals surface area contributed by atoms with Crippen LogP contribution in [0.25, 0.3) is 6.08 Å². The molecular formula is C9H9ClN. The first-order valence-corrected chi connectivity index (χ1v) is 3.67. The van der Waals surface area contributed by atoms with E-state index in [1.807, 2.05) is 30.3 Å². The summed E-state index contributed by atoms with van der Waals surface area (Å²) in [6.07, 6.45) is 1.82. The Bertz CT molecular complexity index is 216. The van der Waals surface area contributed by atoms with Crippen molar-refractivity contribution in [1.29, 1.82) is 0 Å². The van der Waals surface area contributed by atoms with Crippen molar-refractivity contribution in [1.82, 2.24) is 6.15 Å². The van der Waals surface area contributed by atoms with Crippen LogP contribution in [0.3, 0.4) is 0 Å². The molecule has 0 N–H and O–H groups in total. The van der Waals surface area contributed by atoms with Crippen LogP contribution in [-0.4, -0.2) is 0 Å². The summed E-state index contributed by atoms with van der Waals surface area (Å²) in [6, 6.07) is 8.02. The molecule has 0 saturated heterocycles. The lowest BCUT2D eigenvalue weighted by Gasteiger charge is -1.94. The fraction of sp³-hybridized carbons (Fsp3) is 0.111. The fourth-order valence-electron chi connectivity index (χ4n) is 0.743. The Morgan fingerprint density at radius 1 is 1.27 bits per heavy atom. The fourth-order valence-corrected chi connectivity index (χ4v) is 0.921. The predicted molar refractivity (Wildman–Crippen MR) is 48.2 cm³/mol. The molecule has 0 fully saturated rings. The van der Waals surface area contributed by atoms with E-state index in [0.717, 1.165) is 11.1 Å². The first-order chi connectivity index (χ1) is 4.86. The number of hydrogen-bond donors (Lipinski definition) is 0. The average molecular weight is 167 g/mol. The van der Waals surface area contributed by atoms with Gasteiger partial charge in [0.05, 0.1) is 0 Å². The third-order valence-corrected chi connectivity index (χ3v) is 1.68. The molecular weight excluding hydrogens is 158 g/mol. The second-order valence-electron chi connectivity index (χ2n) is 2.08. The van der Waals surface area contributed by atoms with Crippen LogP contribution in [0.2, 0.25) is 0 Å². The summed E-state index contributed by atoms with van der Waals surface area (Å²) in [7, 11) is 0. The molecule has 1 rings (SSSR count). The van der Waals surface area contributed by atoms with E-state index in [9.17, 15) is 0 Å². The van der Waals surface area contributed by atoms with Crippen molar-refractivity contribution in [3.05, 3.63) is 42.0 Å². The van der Waals surface area contributed by atoms with Crippen LogP contribution in [0, 0.1) is 0 Å². The lowest BCUT2D eigenvalue weighted by molar-refractivity contribution is 1.40. The van der Waals surface area contributed by atoms with Crippen molar-refractivity contribution in [3.63, 3.8) is 0 Å². The highest BCUT2D eigenvalue weighted by Crippen LogP contribution is 2.06. The zero-order chi connectivity index (χ0) is 7.40. The van der Waals surface area contributed by atoms with Crippen molar-refractivity contribution in [2.24, 2.45) is 0 Å². The third-order valence-electron chi connectivity index (χ3n) is 1.37. The Balaban J connectivity index is 0.000001000. The smallest absolute Gasteiger partial charge is 0.0474 e. The van der Waals surface area contributed by atoms with Gasteiger partial charge < -0.3 is 0 Å².